The molecule has 5 heteroatoms. The first-order chi connectivity index (χ1) is 8.08. The number of hydrogen-bond donors (Lipinski definition) is 2. The van der Waals surface area contributed by atoms with Gasteiger partial charge in [-0.15, -0.1) is 0 Å². The lowest BCUT2D eigenvalue weighted by molar-refractivity contribution is -0.128. The van der Waals surface area contributed by atoms with Crippen LogP contribution in [0.1, 0.15) is 25.3 Å². The van der Waals surface area contributed by atoms with Gasteiger partial charge in [0.05, 0.1) is 0 Å². The lowest BCUT2D eigenvalue weighted by Crippen LogP contribution is -2.42. The highest BCUT2D eigenvalue weighted by Crippen LogP contribution is 2.18. The quantitative estimate of drug-likeness (QED) is 0.467. The molecule has 3 N–H and O–H groups in total. The highest BCUT2D eigenvalue weighted by atomic mass is 19.1. The SMILES string of the molecule is CCCC(Oc1ccc(F)c(C)c1)C(=O)NN. The average Bonchev–Trinajstić information content (AvgIpc) is 2.32. The summed E-state index contributed by atoms with van der Waals surface area (Å²) in [5.41, 5.74) is 2.54. The summed E-state index contributed by atoms with van der Waals surface area (Å²) in [5.74, 6) is 4.86. The number of hydrogen-bond acceptors (Lipinski definition) is 3. The van der Waals surface area contributed by atoms with Crippen LogP contribution in [-0.4, -0.2) is 12.0 Å². The lowest BCUT2D eigenvalue weighted by Gasteiger charge is -2.17. The summed E-state index contributed by atoms with van der Waals surface area (Å²) in [5, 5.41) is 0. The van der Waals surface area contributed by atoms with E-state index >= 15 is 0 Å². The van der Waals surface area contributed by atoms with Gasteiger partial charge in [-0.2, -0.15) is 0 Å². The van der Waals surface area contributed by atoms with Crippen LogP contribution in [0, 0.1) is 12.7 Å². The molecule has 0 heterocycles. The smallest absolute Gasteiger partial charge is 0.274 e. The second-order valence-corrected chi connectivity index (χ2v) is 3.81. The van der Waals surface area contributed by atoms with Crippen LogP contribution in [0.4, 0.5) is 4.39 Å². The van der Waals surface area contributed by atoms with Crippen LogP contribution in [0.5, 0.6) is 5.75 Å². The first-order valence-electron chi connectivity index (χ1n) is 5.51. The summed E-state index contributed by atoms with van der Waals surface area (Å²) < 4.78 is 18.5. The van der Waals surface area contributed by atoms with Gasteiger partial charge in [0.1, 0.15) is 11.6 Å². The second-order valence-electron chi connectivity index (χ2n) is 3.81. The molecule has 0 bridgehead atoms. The molecule has 0 fully saturated rings. The molecule has 0 aromatic heterocycles. The van der Waals surface area contributed by atoms with E-state index < -0.39 is 6.10 Å². The van der Waals surface area contributed by atoms with Crippen LogP contribution < -0.4 is 16.0 Å². The van der Waals surface area contributed by atoms with Gasteiger partial charge in [0.25, 0.3) is 5.91 Å². The van der Waals surface area contributed by atoms with E-state index in [1.807, 2.05) is 6.92 Å². The molecule has 0 aliphatic rings. The molecular weight excluding hydrogens is 223 g/mol. The maximum atomic E-state index is 13.1. The van der Waals surface area contributed by atoms with Crippen molar-refractivity contribution in [3.05, 3.63) is 29.6 Å². The Balaban J connectivity index is 2.78. The molecule has 0 aliphatic heterocycles. The van der Waals surface area contributed by atoms with Gasteiger partial charge < -0.3 is 4.74 Å². The van der Waals surface area contributed by atoms with Crippen LogP contribution in [0.2, 0.25) is 0 Å². The molecule has 1 rings (SSSR count). The van der Waals surface area contributed by atoms with E-state index in [0.29, 0.717) is 17.7 Å². The Labute approximate surface area is 99.9 Å². The summed E-state index contributed by atoms with van der Waals surface area (Å²) in [4.78, 5) is 11.4. The van der Waals surface area contributed by atoms with Crippen molar-refractivity contribution >= 4 is 5.91 Å². The third-order valence-corrected chi connectivity index (χ3v) is 2.39. The predicted molar refractivity (Wildman–Crippen MR) is 62.8 cm³/mol. The molecule has 0 spiro atoms. The molecule has 4 nitrogen and oxygen atoms in total. The topological polar surface area (TPSA) is 64.3 Å². The summed E-state index contributed by atoms with van der Waals surface area (Å²) in [6.45, 7) is 3.58. The molecule has 0 saturated heterocycles. The fourth-order valence-electron chi connectivity index (χ4n) is 1.45. The molecular formula is C12H17FN2O2. The number of ether oxygens (including phenoxy) is 1. The number of nitrogens with one attached hydrogen (secondary N) is 1. The van der Waals surface area contributed by atoms with Gasteiger partial charge in [-0.1, -0.05) is 13.3 Å². The third kappa shape index (κ3) is 3.71. The first-order valence-corrected chi connectivity index (χ1v) is 5.51. The number of nitrogens with two attached hydrogens (primary N) is 1. The molecule has 0 radical (unpaired) electrons. The van der Waals surface area contributed by atoms with E-state index in [1.54, 1.807) is 13.0 Å². The fraction of sp³-hybridized carbons (Fsp3) is 0.417. The van der Waals surface area contributed by atoms with Gasteiger partial charge in [0, 0.05) is 0 Å². The van der Waals surface area contributed by atoms with Crippen LogP contribution in [0.3, 0.4) is 0 Å². The minimum absolute atomic E-state index is 0.298. The largest absolute Gasteiger partial charge is 0.481 e. The number of halogens is 1. The Bertz CT molecular complexity index is 396. The van der Waals surface area contributed by atoms with Crippen molar-refractivity contribution in [3.8, 4) is 5.75 Å². The number of amides is 1. The summed E-state index contributed by atoms with van der Waals surface area (Å²) in [6.07, 6.45) is 0.701. The van der Waals surface area contributed by atoms with Crippen LogP contribution in [0.25, 0.3) is 0 Å². The predicted octanol–water partition coefficient (Wildman–Crippen LogP) is 1.67. The number of aryl methyl sites for hydroxylation is 1. The third-order valence-electron chi connectivity index (χ3n) is 2.39. The maximum Gasteiger partial charge on any atom is 0.274 e. The van der Waals surface area contributed by atoms with Crippen LogP contribution in [0.15, 0.2) is 18.2 Å². The highest BCUT2D eigenvalue weighted by molar-refractivity contribution is 5.80. The van der Waals surface area contributed by atoms with Gasteiger partial charge in [-0.3, -0.25) is 10.2 Å². The fourth-order valence-corrected chi connectivity index (χ4v) is 1.45. The van der Waals surface area contributed by atoms with Crippen molar-refractivity contribution in [2.24, 2.45) is 5.84 Å². The Hall–Kier alpha value is -1.62. The zero-order valence-electron chi connectivity index (χ0n) is 10.00. The standard InChI is InChI=1S/C12H17FN2O2/c1-3-4-11(12(16)15-14)17-9-5-6-10(13)8(2)7-9/h5-7,11H,3-4,14H2,1-2H3,(H,15,16). The van der Waals surface area contributed by atoms with E-state index in [1.165, 1.54) is 12.1 Å². The summed E-state index contributed by atoms with van der Waals surface area (Å²) in [7, 11) is 0. The lowest BCUT2D eigenvalue weighted by atomic mass is 10.2. The molecule has 1 amide bonds. The maximum absolute atomic E-state index is 13.1. The van der Waals surface area contributed by atoms with E-state index in [2.05, 4.69) is 5.43 Å². The Kier molecular flexibility index (Phi) is 4.90. The number of carbonyl (C=O) groups is 1. The van der Waals surface area contributed by atoms with Crippen molar-refractivity contribution in [1.82, 2.24) is 5.43 Å². The van der Waals surface area contributed by atoms with Crippen LogP contribution in [-0.2, 0) is 4.79 Å². The summed E-state index contributed by atoms with van der Waals surface area (Å²) in [6, 6.07) is 4.37. The van der Waals surface area contributed by atoms with Crippen LogP contribution >= 0.6 is 0 Å². The Morgan fingerprint density at radius 1 is 1.59 bits per heavy atom. The molecule has 17 heavy (non-hydrogen) atoms. The van der Waals surface area contributed by atoms with Gasteiger partial charge in [0.2, 0.25) is 0 Å². The molecule has 1 aromatic rings. The average molecular weight is 240 g/mol. The number of benzene rings is 1. The highest BCUT2D eigenvalue weighted by Gasteiger charge is 2.18. The molecule has 1 aromatic carbocycles. The van der Waals surface area contributed by atoms with E-state index in [0.717, 1.165) is 6.42 Å². The van der Waals surface area contributed by atoms with E-state index in [9.17, 15) is 9.18 Å². The molecule has 0 aliphatic carbocycles. The van der Waals surface area contributed by atoms with Gasteiger partial charge in [0.15, 0.2) is 6.10 Å². The normalized spacial score (nSPS) is 12.0. The van der Waals surface area contributed by atoms with Gasteiger partial charge >= 0.3 is 0 Å². The first kappa shape index (κ1) is 13.4. The minimum Gasteiger partial charge on any atom is -0.481 e. The van der Waals surface area contributed by atoms with Crippen molar-refractivity contribution in [1.29, 1.82) is 0 Å². The zero-order chi connectivity index (χ0) is 12.8. The molecule has 1 atom stereocenters. The molecule has 94 valence electrons. The van der Waals surface area contributed by atoms with E-state index in [4.69, 9.17) is 10.6 Å². The minimum atomic E-state index is -0.644. The van der Waals surface area contributed by atoms with Crippen molar-refractivity contribution in [2.45, 2.75) is 32.8 Å². The van der Waals surface area contributed by atoms with Crippen molar-refractivity contribution in [2.75, 3.05) is 0 Å². The van der Waals surface area contributed by atoms with Crippen molar-refractivity contribution < 1.29 is 13.9 Å². The second kappa shape index (κ2) is 6.20. The van der Waals surface area contributed by atoms with E-state index in [-0.39, 0.29) is 11.7 Å². The molecule has 0 saturated carbocycles. The Morgan fingerprint density at radius 2 is 2.29 bits per heavy atom. The number of rotatable bonds is 5. The Morgan fingerprint density at radius 3 is 2.82 bits per heavy atom. The van der Waals surface area contributed by atoms with Crippen molar-refractivity contribution in [3.63, 3.8) is 0 Å². The zero-order valence-corrected chi connectivity index (χ0v) is 10.00. The monoisotopic (exact) mass is 240 g/mol. The van der Waals surface area contributed by atoms with Gasteiger partial charge in [-0.25, -0.2) is 10.2 Å². The number of carbonyl (C=O) groups excluding carboxylic acids is 1. The molecule has 1 unspecified atom stereocenters. The summed E-state index contributed by atoms with van der Waals surface area (Å²) >= 11 is 0. The van der Waals surface area contributed by atoms with Gasteiger partial charge in [-0.05, 0) is 37.1 Å². The number of hydrazine groups is 1.